The van der Waals surface area contributed by atoms with Crippen LogP contribution < -0.4 is 4.86 Å². The van der Waals surface area contributed by atoms with E-state index >= 15 is 0 Å². The first-order valence-electron chi connectivity index (χ1n) is 7.14. The zero-order valence-corrected chi connectivity index (χ0v) is 17.6. The maximum Gasteiger partial charge on any atom is 0.311 e. The lowest BCUT2D eigenvalue weighted by molar-refractivity contribution is 0.447. The molecule has 0 aliphatic heterocycles. The molecule has 0 aliphatic carbocycles. The van der Waals surface area contributed by atoms with Crippen LogP contribution in [-0.2, 0) is 0 Å². The predicted octanol–water partition coefficient (Wildman–Crippen LogP) is 2.03. The van der Waals surface area contributed by atoms with Gasteiger partial charge >= 0.3 is 7.87 Å². The van der Waals surface area contributed by atoms with Crippen molar-refractivity contribution in [2.24, 2.45) is 4.74 Å². The minimum absolute atomic E-state index is 0.797. The number of nitrogens with zero attached hydrogens (tertiary/aromatic N) is 6. The van der Waals surface area contributed by atoms with E-state index in [1.165, 1.54) is 0 Å². The summed E-state index contributed by atoms with van der Waals surface area (Å²) in [5.41, 5.74) is 0. The summed E-state index contributed by atoms with van der Waals surface area (Å²) in [6.45, 7) is 2.90. The molecule has 0 rings (SSSR count). The van der Waals surface area contributed by atoms with Crippen LogP contribution in [0.3, 0.4) is 0 Å². The highest BCUT2D eigenvalue weighted by Crippen LogP contribution is 2.68. The zero-order chi connectivity index (χ0) is 17.0. The van der Waals surface area contributed by atoms with Crippen molar-refractivity contribution in [1.82, 2.24) is 28.2 Å². The second-order valence-corrected chi connectivity index (χ2v) is 13.3. The third-order valence-electron chi connectivity index (χ3n) is 3.40. The minimum atomic E-state index is -1.96. The fraction of sp³-hybridized carbons (Fsp3) is 1.00. The summed E-state index contributed by atoms with van der Waals surface area (Å²) in [6, 6.07) is 0. The van der Waals surface area contributed by atoms with Crippen LogP contribution in [0.5, 0.6) is 0 Å². The lowest BCUT2D eigenvalue weighted by Gasteiger charge is -2.45. The van der Waals surface area contributed by atoms with Gasteiger partial charge in [-0.2, -0.15) is 0 Å². The van der Waals surface area contributed by atoms with Crippen molar-refractivity contribution < 1.29 is 0 Å². The summed E-state index contributed by atoms with van der Waals surface area (Å²) in [5.74, 6) is 0. The van der Waals surface area contributed by atoms with E-state index in [1.54, 1.807) is 0 Å². The van der Waals surface area contributed by atoms with E-state index in [4.69, 9.17) is 4.74 Å². The Balaban J connectivity index is 6.14. The van der Waals surface area contributed by atoms with Crippen molar-refractivity contribution in [3.8, 4) is 0 Å². The van der Waals surface area contributed by atoms with Crippen LogP contribution in [0.4, 0.5) is 0 Å². The standard InChI is InChI=1S/C12H36N7P2/c1-12-13-20(15(2)3,16(4)5)14-21(17(6)7,18(8)9)19(10)11/h14H,12H2,1-11H3/q+1. The Labute approximate surface area is 133 Å². The van der Waals surface area contributed by atoms with Crippen molar-refractivity contribution in [3.63, 3.8) is 0 Å². The molecule has 0 amide bonds. The molecule has 0 radical (unpaired) electrons. The minimum Gasteiger partial charge on any atom is -0.259 e. The molecule has 0 bridgehead atoms. The summed E-state index contributed by atoms with van der Waals surface area (Å²) in [4.78, 5) is 3.96. The summed E-state index contributed by atoms with van der Waals surface area (Å²) < 4.78 is 16.3. The van der Waals surface area contributed by atoms with Gasteiger partial charge in [-0.15, -0.1) is 14.0 Å². The van der Waals surface area contributed by atoms with Crippen LogP contribution >= 0.6 is 15.4 Å². The first-order chi connectivity index (χ1) is 9.48. The average molecular weight is 340 g/mol. The van der Waals surface area contributed by atoms with E-state index in [1.807, 2.05) is 0 Å². The number of hydrogen-bond donors (Lipinski definition) is 1. The Morgan fingerprint density at radius 1 is 0.762 bits per heavy atom. The maximum absolute atomic E-state index is 4.99. The highest BCUT2D eigenvalue weighted by Gasteiger charge is 2.53. The molecule has 0 aromatic heterocycles. The molecule has 9 heteroatoms. The molecular formula is C12H36N7P2+. The molecule has 0 saturated carbocycles. The van der Waals surface area contributed by atoms with Crippen molar-refractivity contribution in [2.75, 3.05) is 77.0 Å². The molecule has 0 fully saturated rings. The Morgan fingerprint density at radius 3 is 1.29 bits per heavy atom. The summed E-state index contributed by atoms with van der Waals surface area (Å²) in [5, 5.41) is 0. The van der Waals surface area contributed by atoms with Crippen molar-refractivity contribution in [1.29, 1.82) is 0 Å². The van der Waals surface area contributed by atoms with Gasteiger partial charge in [0.05, 0.1) is 0 Å². The third kappa shape index (κ3) is 4.24. The van der Waals surface area contributed by atoms with E-state index in [0.29, 0.717) is 0 Å². The monoisotopic (exact) mass is 340 g/mol. The smallest absolute Gasteiger partial charge is 0.259 e. The molecule has 0 saturated heterocycles. The quantitative estimate of drug-likeness (QED) is 0.682. The predicted molar refractivity (Wildman–Crippen MR) is 98.4 cm³/mol. The molecule has 128 valence electrons. The third-order valence-corrected chi connectivity index (χ3v) is 11.8. The van der Waals surface area contributed by atoms with E-state index in [-0.39, 0.29) is 0 Å². The van der Waals surface area contributed by atoms with Crippen molar-refractivity contribution in [2.45, 2.75) is 6.92 Å². The topological polar surface area (TPSA) is 40.6 Å². The van der Waals surface area contributed by atoms with Gasteiger partial charge in [-0.05, 0) is 35.1 Å². The highest BCUT2D eigenvalue weighted by molar-refractivity contribution is 7.78. The fourth-order valence-corrected chi connectivity index (χ4v) is 11.6. The largest absolute Gasteiger partial charge is 0.311 e. The lowest BCUT2D eigenvalue weighted by Crippen LogP contribution is -2.46. The van der Waals surface area contributed by atoms with Crippen molar-refractivity contribution >= 4 is 15.4 Å². The van der Waals surface area contributed by atoms with Gasteiger partial charge in [0, 0.05) is 48.8 Å². The van der Waals surface area contributed by atoms with E-state index < -0.39 is 15.4 Å². The SMILES string of the molecule is CCN=P(N[P+](N(C)C)(N(C)C)N(C)C)(N(C)C)N(C)C. The van der Waals surface area contributed by atoms with Crippen LogP contribution in [0.2, 0.25) is 0 Å². The molecule has 0 spiro atoms. The second kappa shape index (κ2) is 8.32. The molecule has 21 heavy (non-hydrogen) atoms. The molecule has 7 nitrogen and oxygen atoms in total. The van der Waals surface area contributed by atoms with E-state index in [0.717, 1.165) is 6.54 Å². The average Bonchev–Trinajstić information content (AvgIpc) is 2.32. The van der Waals surface area contributed by atoms with Crippen LogP contribution in [0.15, 0.2) is 4.74 Å². The van der Waals surface area contributed by atoms with Gasteiger partial charge in [-0.1, -0.05) is 4.86 Å². The molecule has 1 N–H and O–H groups in total. The normalized spacial score (nSPS) is 14.1. The molecular weight excluding hydrogens is 304 g/mol. The van der Waals surface area contributed by atoms with Crippen LogP contribution in [-0.4, -0.2) is 100 Å². The number of hydrogen-bond acceptors (Lipinski definition) is 4. The Bertz CT molecular complexity index is 333. The fourth-order valence-electron chi connectivity index (χ4n) is 2.54. The molecule has 0 atom stereocenters. The Morgan fingerprint density at radius 2 is 1.10 bits per heavy atom. The van der Waals surface area contributed by atoms with Crippen LogP contribution in [0.1, 0.15) is 6.92 Å². The van der Waals surface area contributed by atoms with E-state index in [9.17, 15) is 0 Å². The van der Waals surface area contributed by atoms with Gasteiger partial charge < -0.3 is 0 Å². The number of nitrogens with one attached hydrogen (secondary N) is 1. The van der Waals surface area contributed by atoms with Gasteiger partial charge in [0.15, 0.2) is 7.51 Å². The van der Waals surface area contributed by atoms with Gasteiger partial charge in [-0.25, -0.2) is 9.34 Å². The molecule has 0 unspecified atom stereocenters. The van der Waals surface area contributed by atoms with Gasteiger partial charge in [0.25, 0.3) is 0 Å². The first-order valence-corrected chi connectivity index (χ1v) is 10.4. The van der Waals surface area contributed by atoms with Crippen molar-refractivity contribution in [3.05, 3.63) is 0 Å². The summed E-state index contributed by atoms with van der Waals surface area (Å²) >= 11 is 0. The van der Waals surface area contributed by atoms with Gasteiger partial charge in [-0.3, -0.25) is 4.74 Å². The van der Waals surface area contributed by atoms with Crippen LogP contribution in [0.25, 0.3) is 0 Å². The molecule has 0 aromatic rings. The van der Waals surface area contributed by atoms with Crippen LogP contribution in [0, 0.1) is 0 Å². The zero-order valence-electron chi connectivity index (χ0n) is 15.8. The van der Waals surface area contributed by atoms with Gasteiger partial charge in [0.1, 0.15) is 0 Å². The second-order valence-electron chi connectivity index (χ2n) is 5.93. The summed E-state index contributed by atoms with van der Waals surface area (Å²) in [6.07, 6.45) is 0. The molecule has 0 aliphatic rings. The Kier molecular flexibility index (Phi) is 8.49. The highest BCUT2D eigenvalue weighted by atomic mass is 31.3. The lowest BCUT2D eigenvalue weighted by atomic mass is 10.8. The first kappa shape index (κ1) is 21.4. The summed E-state index contributed by atoms with van der Waals surface area (Å²) in [7, 11) is 17.4. The van der Waals surface area contributed by atoms with Gasteiger partial charge in [0.2, 0.25) is 0 Å². The number of rotatable bonds is 8. The van der Waals surface area contributed by atoms with E-state index in [2.05, 4.69) is 106 Å². The maximum atomic E-state index is 4.99. The molecule has 0 aromatic carbocycles. The Hall–Kier alpha value is 0.420. The molecule has 0 heterocycles.